The molecule has 178 valence electrons. The van der Waals surface area contributed by atoms with E-state index < -0.39 is 34.8 Å². The Balaban J connectivity index is 1.75. The summed E-state index contributed by atoms with van der Waals surface area (Å²) in [5.41, 5.74) is 0.943. The zero-order valence-electron chi connectivity index (χ0n) is 18.0. The fourth-order valence-corrected chi connectivity index (χ4v) is 4.48. The first kappa shape index (κ1) is 24.6. The van der Waals surface area contributed by atoms with E-state index in [2.05, 4.69) is 15.0 Å². The third-order valence-electron chi connectivity index (χ3n) is 5.15. The van der Waals surface area contributed by atoms with E-state index in [1.54, 1.807) is 24.3 Å². The summed E-state index contributed by atoms with van der Waals surface area (Å²) in [6.45, 7) is 2.35. The Morgan fingerprint density at radius 3 is 2.61 bits per heavy atom. The molecule has 0 fully saturated rings. The van der Waals surface area contributed by atoms with Crippen molar-refractivity contribution in [2.45, 2.75) is 43.9 Å². The van der Waals surface area contributed by atoms with Crippen LogP contribution in [0.15, 0.2) is 58.4 Å². The predicted octanol–water partition coefficient (Wildman–Crippen LogP) is 3.40. The first-order chi connectivity index (χ1) is 15.5. The van der Waals surface area contributed by atoms with E-state index in [-0.39, 0.29) is 28.9 Å². The van der Waals surface area contributed by atoms with Crippen molar-refractivity contribution in [3.8, 4) is 5.75 Å². The Kier molecular flexibility index (Phi) is 7.31. The molecule has 0 spiro atoms. The molecule has 2 aromatic rings. The van der Waals surface area contributed by atoms with Crippen molar-refractivity contribution in [3.63, 3.8) is 0 Å². The number of nitrogens with one attached hydrogen (secondary N) is 2. The minimum absolute atomic E-state index is 0.0368. The Hall–Kier alpha value is -3.08. The van der Waals surface area contributed by atoms with Crippen LogP contribution in [0.25, 0.3) is 0 Å². The van der Waals surface area contributed by atoms with Crippen LogP contribution < -0.4 is 14.8 Å². The molecule has 3 rings (SSSR count). The molecule has 0 saturated heterocycles. The van der Waals surface area contributed by atoms with Gasteiger partial charge in [0, 0.05) is 12.1 Å². The standard InChI is InChI=1S/C22H24F3N3O4S/c1-3-14(2)19(27-20-17-9-4-5-10-18(17)33(30,31)28-20)21(29)26-12-15-7-6-8-16(11-15)32-13-22(23,24)25/h4-11,14,19H,3,12-13H2,1-2H3,(H,26,29)(H,27,28)/t14-,19-/m0/s1. The third-order valence-corrected chi connectivity index (χ3v) is 6.55. The molecule has 2 atom stereocenters. The summed E-state index contributed by atoms with van der Waals surface area (Å²) in [6.07, 6.45) is -3.84. The van der Waals surface area contributed by atoms with Gasteiger partial charge in [-0.2, -0.15) is 13.2 Å². The highest BCUT2D eigenvalue weighted by atomic mass is 32.2. The summed E-state index contributed by atoms with van der Waals surface area (Å²) in [6, 6.07) is 11.5. The minimum Gasteiger partial charge on any atom is -0.484 e. The number of halogens is 3. The van der Waals surface area contributed by atoms with Crippen molar-refractivity contribution >= 4 is 21.8 Å². The molecule has 7 nitrogen and oxygen atoms in total. The van der Waals surface area contributed by atoms with Crippen molar-refractivity contribution in [2.75, 3.05) is 6.61 Å². The zero-order chi connectivity index (χ0) is 24.2. The van der Waals surface area contributed by atoms with Crippen LogP contribution in [0.4, 0.5) is 13.2 Å². The molecule has 0 unspecified atom stereocenters. The van der Waals surface area contributed by atoms with Gasteiger partial charge in [-0.1, -0.05) is 44.5 Å². The maximum absolute atomic E-state index is 12.9. The average molecular weight is 484 g/mol. The van der Waals surface area contributed by atoms with E-state index >= 15 is 0 Å². The second-order valence-corrected chi connectivity index (χ2v) is 9.33. The minimum atomic E-state index is -4.45. The van der Waals surface area contributed by atoms with Gasteiger partial charge in [0.1, 0.15) is 17.6 Å². The molecule has 33 heavy (non-hydrogen) atoms. The number of amides is 1. The van der Waals surface area contributed by atoms with Gasteiger partial charge in [0.05, 0.1) is 4.90 Å². The molecule has 1 aliphatic heterocycles. The number of aliphatic imine (C=N–C) groups is 1. The lowest BCUT2D eigenvalue weighted by Gasteiger charge is -2.19. The monoisotopic (exact) mass is 483 g/mol. The quantitative estimate of drug-likeness (QED) is 0.602. The van der Waals surface area contributed by atoms with Crippen LogP contribution in [-0.2, 0) is 21.4 Å². The van der Waals surface area contributed by atoms with Crippen molar-refractivity contribution in [3.05, 3.63) is 59.7 Å². The summed E-state index contributed by atoms with van der Waals surface area (Å²) in [5.74, 6) is -0.485. The number of benzene rings is 2. The Bertz CT molecular complexity index is 1150. The van der Waals surface area contributed by atoms with Gasteiger partial charge in [0.15, 0.2) is 6.61 Å². The molecule has 0 aliphatic carbocycles. The van der Waals surface area contributed by atoms with Crippen LogP contribution in [0.5, 0.6) is 5.75 Å². The predicted molar refractivity (Wildman–Crippen MR) is 116 cm³/mol. The number of fused-ring (bicyclic) bond motifs is 1. The molecule has 11 heteroatoms. The summed E-state index contributed by atoms with van der Waals surface area (Å²) in [7, 11) is -3.74. The molecule has 1 amide bonds. The lowest BCUT2D eigenvalue weighted by atomic mass is 9.98. The number of hydrogen-bond acceptors (Lipinski definition) is 5. The van der Waals surface area contributed by atoms with Crippen molar-refractivity contribution in [1.82, 2.24) is 10.0 Å². The number of alkyl halides is 3. The molecule has 2 aromatic carbocycles. The third kappa shape index (κ3) is 6.25. The zero-order valence-corrected chi connectivity index (χ0v) is 18.8. The Labute approximate surface area is 190 Å². The second kappa shape index (κ2) is 9.82. The highest BCUT2D eigenvalue weighted by molar-refractivity contribution is 7.90. The van der Waals surface area contributed by atoms with Crippen molar-refractivity contribution < 1.29 is 31.1 Å². The van der Waals surface area contributed by atoms with Gasteiger partial charge < -0.3 is 10.1 Å². The lowest BCUT2D eigenvalue weighted by Crippen LogP contribution is -2.38. The van der Waals surface area contributed by atoms with Crippen LogP contribution >= 0.6 is 0 Å². The Morgan fingerprint density at radius 2 is 1.91 bits per heavy atom. The van der Waals surface area contributed by atoms with E-state index in [0.29, 0.717) is 17.5 Å². The van der Waals surface area contributed by atoms with Gasteiger partial charge in [-0.25, -0.2) is 8.42 Å². The second-order valence-electron chi connectivity index (χ2n) is 7.68. The number of carbonyl (C=O) groups excluding carboxylic acids is 1. The van der Waals surface area contributed by atoms with Crippen LogP contribution in [0, 0.1) is 5.92 Å². The molecule has 1 heterocycles. The van der Waals surface area contributed by atoms with E-state index in [0.717, 1.165) is 0 Å². The Morgan fingerprint density at radius 1 is 1.18 bits per heavy atom. The van der Waals surface area contributed by atoms with Crippen LogP contribution in [-0.4, -0.2) is 39.0 Å². The normalized spacial score (nSPS) is 17.7. The molecular formula is C22H24F3N3O4S. The van der Waals surface area contributed by atoms with Gasteiger partial charge in [-0.3, -0.25) is 14.5 Å². The SMILES string of the molecule is CC[C@H](C)[C@H](N=C1NS(=O)(=O)c2ccccc21)C(=O)NCc1cccc(OCC(F)(F)F)c1. The lowest BCUT2D eigenvalue weighted by molar-refractivity contribution is -0.153. The van der Waals surface area contributed by atoms with E-state index in [1.807, 2.05) is 13.8 Å². The van der Waals surface area contributed by atoms with Crippen LogP contribution in [0.3, 0.4) is 0 Å². The average Bonchev–Trinajstić information content (AvgIpc) is 3.04. The summed E-state index contributed by atoms with van der Waals surface area (Å²) in [4.78, 5) is 17.5. The number of carbonyl (C=O) groups is 1. The van der Waals surface area contributed by atoms with Crippen molar-refractivity contribution in [1.29, 1.82) is 0 Å². The first-order valence-electron chi connectivity index (χ1n) is 10.3. The molecule has 1 aliphatic rings. The molecule has 0 radical (unpaired) electrons. The van der Waals surface area contributed by atoms with Gasteiger partial charge >= 0.3 is 6.18 Å². The van der Waals surface area contributed by atoms with Crippen molar-refractivity contribution in [2.24, 2.45) is 10.9 Å². The topological polar surface area (TPSA) is 96.9 Å². The van der Waals surface area contributed by atoms with E-state index in [4.69, 9.17) is 4.74 Å². The maximum atomic E-state index is 12.9. The number of hydrogen-bond donors (Lipinski definition) is 2. The maximum Gasteiger partial charge on any atom is 0.422 e. The summed E-state index contributed by atoms with van der Waals surface area (Å²) in [5, 5.41) is 2.73. The number of ether oxygens (including phenoxy) is 1. The fourth-order valence-electron chi connectivity index (χ4n) is 3.24. The number of sulfonamides is 1. The summed E-state index contributed by atoms with van der Waals surface area (Å²) < 4.78 is 68.9. The molecule has 2 N–H and O–H groups in total. The molecule has 0 saturated carbocycles. The van der Waals surface area contributed by atoms with Gasteiger partial charge in [0.25, 0.3) is 10.0 Å². The fraction of sp³-hybridized carbons (Fsp3) is 0.364. The largest absolute Gasteiger partial charge is 0.484 e. The smallest absolute Gasteiger partial charge is 0.422 e. The van der Waals surface area contributed by atoms with Crippen LogP contribution in [0.2, 0.25) is 0 Å². The number of rotatable bonds is 8. The molecule has 0 bridgehead atoms. The first-order valence-corrected chi connectivity index (χ1v) is 11.7. The van der Waals surface area contributed by atoms with E-state index in [1.165, 1.54) is 24.3 Å². The van der Waals surface area contributed by atoms with E-state index in [9.17, 15) is 26.4 Å². The highest BCUT2D eigenvalue weighted by Gasteiger charge is 2.33. The number of nitrogens with zero attached hydrogens (tertiary/aromatic N) is 1. The molecule has 0 aromatic heterocycles. The number of amidine groups is 1. The van der Waals surface area contributed by atoms with Gasteiger partial charge in [-0.15, -0.1) is 0 Å². The van der Waals surface area contributed by atoms with Gasteiger partial charge in [0.2, 0.25) is 5.91 Å². The van der Waals surface area contributed by atoms with Crippen LogP contribution in [0.1, 0.15) is 31.4 Å². The highest BCUT2D eigenvalue weighted by Crippen LogP contribution is 2.24. The van der Waals surface area contributed by atoms with Gasteiger partial charge in [-0.05, 0) is 35.7 Å². The summed E-state index contributed by atoms with van der Waals surface area (Å²) >= 11 is 0. The molecular weight excluding hydrogens is 459 g/mol.